The van der Waals surface area contributed by atoms with Gasteiger partial charge in [0.05, 0.1) is 43.7 Å². The Morgan fingerprint density at radius 2 is 1.84 bits per heavy atom. The molecule has 102 valence electrons. The molecule has 0 unspecified atom stereocenters. The zero-order chi connectivity index (χ0) is 14.0. The van der Waals surface area contributed by atoms with E-state index in [0.717, 1.165) is 0 Å². The lowest BCUT2D eigenvalue weighted by atomic mass is 10.1. The summed E-state index contributed by atoms with van der Waals surface area (Å²) < 4.78 is 20.7. The molecule has 0 aliphatic carbocycles. The fraction of sp³-hybridized carbons (Fsp3) is 0.250. The quantitative estimate of drug-likeness (QED) is 0.929. The fourth-order valence-corrected chi connectivity index (χ4v) is 2.10. The van der Waals surface area contributed by atoms with Gasteiger partial charge in [-0.25, -0.2) is 0 Å². The highest BCUT2D eigenvalue weighted by Crippen LogP contribution is 2.49. The summed E-state index contributed by atoms with van der Waals surface area (Å²) in [6, 6.07) is 1.62. The van der Waals surface area contributed by atoms with Gasteiger partial charge in [-0.2, -0.15) is 0 Å². The van der Waals surface area contributed by atoms with Crippen molar-refractivity contribution in [2.24, 2.45) is 0 Å². The molecular weight excluding hydrogens is 272 g/mol. The van der Waals surface area contributed by atoms with E-state index < -0.39 is 0 Å². The van der Waals surface area contributed by atoms with Crippen LogP contribution in [0.5, 0.6) is 17.2 Å². The predicted octanol–water partition coefficient (Wildman–Crippen LogP) is 2.60. The Labute approximate surface area is 115 Å². The van der Waals surface area contributed by atoms with E-state index in [-0.39, 0.29) is 5.88 Å². The summed E-state index contributed by atoms with van der Waals surface area (Å²) in [5.41, 5.74) is 6.78. The van der Waals surface area contributed by atoms with Crippen LogP contribution in [0.1, 0.15) is 0 Å². The first kappa shape index (κ1) is 13.4. The smallest absolute Gasteiger partial charge is 0.230 e. The summed E-state index contributed by atoms with van der Waals surface area (Å²) >= 11 is 6.24. The maximum absolute atomic E-state index is 6.24. The van der Waals surface area contributed by atoms with Gasteiger partial charge in [-0.1, -0.05) is 16.8 Å². The van der Waals surface area contributed by atoms with Crippen molar-refractivity contribution in [3.8, 4) is 28.4 Å². The molecule has 0 aliphatic rings. The Balaban J connectivity index is 2.77. The van der Waals surface area contributed by atoms with Crippen molar-refractivity contribution in [3.05, 3.63) is 17.3 Å². The van der Waals surface area contributed by atoms with E-state index in [1.54, 1.807) is 6.07 Å². The molecule has 1 heterocycles. The number of hydrogen-bond donors (Lipinski definition) is 1. The summed E-state index contributed by atoms with van der Waals surface area (Å²) in [4.78, 5) is 0. The van der Waals surface area contributed by atoms with Gasteiger partial charge >= 0.3 is 0 Å². The minimum Gasteiger partial charge on any atom is -0.493 e. The molecule has 0 bridgehead atoms. The first-order valence-electron chi connectivity index (χ1n) is 5.33. The highest BCUT2D eigenvalue weighted by atomic mass is 35.5. The molecule has 0 saturated heterocycles. The van der Waals surface area contributed by atoms with Crippen LogP contribution < -0.4 is 19.9 Å². The van der Waals surface area contributed by atoms with Crippen molar-refractivity contribution in [1.82, 2.24) is 5.16 Å². The maximum atomic E-state index is 6.24. The van der Waals surface area contributed by atoms with E-state index >= 15 is 0 Å². The number of methoxy groups -OCH3 is 3. The first-order valence-corrected chi connectivity index (χ1v) is 5.70. The summed E-state index contributed by atoms with van der Waals surface area (Å²) in [6.45, 7) is 0. The molecule has 19 heavy (non-hydrogen) atoms. The topological polar surface area (TPSA) is 79.7 Å². The van der Waals surface area contributed by atoms with Crippen LogP contribution >= 0.6 is 11.6 Å². The average molecular weight is 285 g/mol. The molecule has 7 heteroatoms. The number of anilines is 1. The molecule has 0 fully saturated rings. The van der Waals surface area contributed by atoms with Crippen molar-refractivity contribution < 1.29 is 18.7 Å². The van der Waals surface area contributed by atoms with Crippen LogP contribution in [0.4, 0.5) is 5.88 Å². The second kappa shape index (κ2) is 5.27. The number of rotatable bonds is 4. The molecule has 0 radical (unpaired) electrons. The van der Waals surface area contributed by atoms with Gasteiger partial charge in [0.2, 0.25) is 11.6 Å². The SMILES string of the molecule is COc1cc(Cl)c(-c2cnoc2N)c(OC)c1OC. The van der Waals surface area contributed by atoms with E-state index in [1.165, 1.54) is 27.5 Å². The number of nitrogen functional groups attached to an aromatic ring is 1. The second-order valence-corrected chi connectivity index (χ2v) is 4.01. The number of aromatic nitrogens is 1. The monoisotopic (exact) mass is 284 g/mol. The largest absolute Gasteiger partial charge is 0.493 e. The Bertz CT molecular complexity index is 598. The molecule has 0 amide bonds. The molecule has 2 aromatic rings. The van der Waals surface area contributed by atoms with Gasteiger partial charge in [-0.05, 0) is 0 Å². The Morgan fingerprint density at radius 3 is 2.32 bits per heavy atom. The lowest BCUT2D eigenvalue weighted by Crippen LogP contribution is -1.98. The number of nitrogens with two attached hydrogens (primary N) is 1. The van der Waals surface area contributed by atoms with Gasteiger partial charge in [0.15, 0.2) is 11.5 Å². The van der Waals surface area contributed by atoms with Gasteiger partial charge in [-0.15, -0.1) is 0 Å². The average Bonchev–Trinajstić information content (AvgIpc) is 2.83. The summed E-state index contributed by atoms with van der Waals surface area (Å²) in [6.07, 6.45) is 1.46. The van der Waals surface area contributed by atoms with E-state index in [2.05, 4.69) is 5.16 Å². The van der Waals surface area contributed by atoms with Crippen molar-refractivity contribution in [1.29, 1.82) is 0 Å². The highest BCUT2D eigenvalue weighted by Gasteiger charge is 2.23. The number of hydrogen-bond acceptors (Lipinski definition) is 6. The Hall–Kier alpha value is -2.08. The maximum Gasteiger partial charge on any atom is 0.230 e. The molecule has 6 nitrogen and oxygen atoms in total. The lowest BCUT2D eigenvalue weighted by molar-refractivity contribution is 0.325. The van der Waals surface area contributed by atoms with Crippen LogP contribution in [-0.2, 0) is 0 Å². The fourth-order valence-electron chi connectivity index (χ4n) is 1.81. The van der Waals surface area contributed by atoms with Gasteiger partial charge < -0.3 is 24.5 Å². The van der Waals surface area contributed by atoms with Gasteiger partial charge in [-0.3, -0.25) is 0 Å². The van der Waals surface area contributed by atoms with Crippen LogP contribution in [0.2, 0.25) is 5.02 Å². The molecule has 0 aliphatic heterocycles. The minimum absolute atomic E-state index is 0.146. The minimum atomic E-state index is 0.146. The van der Waals surface area contributed by atoms with Crippen LogP contribution in [0, 0.1) is 0 Å². The molecule has 0 spiro atoms. The standard InChI is InChI=1S/C12H13ClN2O4/c1-16-8-4-7(13)9(6-5-15-19-12(6)14)11(18-3)10(8)17-2/h4-5H,14H2,1-3H3. The normalized spacial score (nSPS) is 10.3. The molecule has 1 aromatic heterocycles. The Kier molecular flexibility index (Phi) is 3.71. The third-order valence-corrected chi connectivity index (χ3v) is 2.95. The van der Waals surface area contributed by atoms with Gasteiger partial charge in [0, 0.05) is 6.07 Å². The van der Waals surface area contributed by atoms with Crippen molar-refractivity contribution in [2.75, 3.05) is 27.1 Å². The molecule has 2 N–H and O–H groups in total. The van der Waals surface area contributed by atoms with Crippen LogP contribution in [0.15, 0.2) is 16.8 Å². The van der Waals surface area contributed by atoms with Crippen LogP contribution in [0.25, 0.3) is 11.1 Å². The van der Waals surface area contributed by atoms with Crippen molar-refractivity contribution >= 4 is 17.5 Å². The molecule has 1 aromatic carbocycles. The van der Waals surface area contributed by atoms with E-state index in [9.17, 15) is 0 Å². The predicted molar refractivity (Wildman–Crippen MR) is 71.0 cm³/mol. The van der Waals surface area contributed by atoms with Crippen molar-refractivity contribution in [2.45, 2.75) is 0 Å². The summed E-state index contributed by atoms with van der Waals surface area (Å²) in [5.74, 6) is 1.43. The van der Waals surface area contributed by atoms with E-state index in [4.69, 9.17) is 36.1 Å². The Morgan fingerprint density at radius 1 is 1.16 bits per heavy atom. The molecule has 2 rings (SSSR count). The molecule has 0 saturated carbocycles. The lowest BCUT2D eigenvalue weighted by Gasteiger charge is -2.16. The number of nitrogens with zero attached hydrogens (tertiary/aromatic N) is 1. The molecular formula is C12H13ClN2O4. The first-order chi connectivity index (χ1) is 9.13. The van der Waals surface area contributed by atoms with Gasteiger partial charge in [0.25, 0.3) is 0 Å². The van der Waals surface area contributed by atoms with Crippen LogP contribution in [0.3, 0.4) is 0 Å². The highest BCUT2D eigenvalue weighted by molar-refractivity contribution is 6.34. The zero-order valence-electron chi connectivity index (χ0n) is 10.7. The second-order valence-electron chi connectivity index (χ2n) is 3.61. The van der Waals surface area contributed by atoms with Gasteiger partial charge in [0.1, 0.15) is 0 Å². The van der Waals surface area contributed by atoms with E-state index in [1.807, 2.05) is 0 Å². The van der Waals surface area contributed by atoms with Crippen LogP contribution in [-0.4, -0.2) is 26.5 Å². The summed E-state index contributed by atoms with van der Waals surface area (Å²) in [5, 5.41) is 4.02. The number of halogens is 1. The number of ether oxygens (including phenoxy) is 3. The summed E-state index contributed by atoms with van der Waals surface area (Å²) in [7, 11) is 4.52. The van der Waals surface area contributed by atoms with E-state index in [0.29, 0.717) is 33.4 Å². The van der Waals surface area contributed by atoms with Crippen molar-refractivity contribution in [3.63, 3.8) is 0 Å². The third kappa shape index (κ3) is 2.15. The molecule has 0 atom stereocenters. The third-order valence-electron chi connectivity index (χ3n) is 2.65. The zero-order valence-corrected chi connectivity index (χ0v) is 11.4. The number of benzene rings is 1.